The summed E-state index contributed by atoms with van der Waals surface area (Å²) in [4.78, 5) is 2.62. The van der Waals surface area contributed by atoms with Crippen molar-refractivity contribution < 1.29 is 4.74 Å². The lowest BCUT2D eigenvalue weighted by molar-refractivity contribution is 0.293. The highest BCUT2D eigenvalue weighted by Crippen LogP contribution is 2.24. The van der Waals surface area contributed by atoms with E-state index < -0.39 is 0 Å². The number of methoxy groups -OCH3 is 1. The summed E-state index contributed by atoms with van der Waals surface area (Å²) < 4.78 is 5.19. The van der Waals surface area contributed by atoms with Crippen LogP contribution in [0.5, 0.6) is 5.75 Å². The zero-order chi connectivity index (χ0) is 15.2. The van der Waals surface area contributed by atoms with Crippen LogP contribution in [0.4, 0.5) is 0 Å². The van der Waals surface area contributed by atoms with Crippen molar-refractivity contribution in [3.63, 3.8) is 0 Å². The summed E-state index contributed by atoms with van der Waals surface area (Å²) in [6.07, 6.45) is 0. The smallest absolute Gasteiger partial charge is 0.118 e. The van der Waals surface area contributed by atoms with E-state index in [-0.39, 0.29) is 6.04 Å². The molecule has 0 aliphatic rings. The SMILES string of the molecule is COc1ccc(C(C(N)=S)N(C)Cc2ccccc2)cc1. The third-order valence-corrected chi connectivity index (χ3v) is 3.64. The van der Waals surface area contributed by atoms with Crippen LogP contribution in [0.15, 0.2) is 54.6 Å². The molecule has 0 amide bonds. The quantitative estimate of drug-likeness (QED) is 0.832. The predicted molar refractivity (Wildman–Crippen MR) is 90.4 cm³/mol. The number of rotatable bonds is 6. The van der Waals surface area contributed by atoms with Crippen LogP contribution >= 0.6 is 12.2 Å². The maximum atomic E-state index is 5.95. The molecule has 4 heteroatoms. The van der Waals surface area contributed by atoms with E-state index in [4.69, 9.17) is 22.7 Å². The predicted octanol–water partition coefficient (Wildman–Crippen LogP) is 3.15. The third-order valence-electron chi connectivity index (χ3n) is 3.42. The Morgan fingerprint density at radius 1 is 1.14 bits per heavy atom. The number of ether oxygens (including phenoxy) is 1. The van der Waals surface area contributed by atoms with Crippen molar-refractivity contribution in [1.29, 1.82) is 0 Å². The molecule has 0 bridgehead atoms. The Morgan fingerprint density at radius 3 is 2.29 bits per heavy atom. The Morgan fingerprint density at radius 2 is 1.76 bits per heavy atom. The first kappa shape index (κ1) is 15.5. The van der Waals surface area contributed by atoms with E-state index >= 15 is 0 Å². The van der Waals surface area contributed by atoms with Gasteiger partial charge in [0.2, 0.25) is 0 Å². The summed E-state index contributed by atoms with van der Waals surface area (Å²) >= 11 is 5.26. The minimum atomic E-state index is -0.0916. The highest BCUT2D eigenvalue weighted by Gasteiger charge is 2.20. The highest BCUT2D eigenvalue weighted by molar-refractivity contribution is 7.80. The van der Waals surface area contributed by atoms with Gasteiger partial charge in [0.1, 0.15) is 5.75 Å². The molecule has 0 aliphatic heterocycles. The average Bonchev–Trinajstić information content (AvgIpc) is 2.49. The number of benzene rings is 2. The van der Waals surface area contributed by atoms with E-state index in [1.165, 1.54) is 5.56 Å². The van der Waals surface area contributed by atoms with Crippen molar-refractivity contribution >= 4 is 17.2 Å². The number of nitrogens with zero attached hydrogens (tertiary/aromatic N) is 1. The van der Waals surface area contributed by atoms with Crippen LogP contribution in [0.1, 0.15) is 17.2 Å². The highest BCUT2D eigenvalue weighted by atomic mass is 32.1. The molecular weight excluding hydrogens is 280 g/mol. The molecule has 110 valence electrons. The molecule has 0 spiro atoms. The summed E-state index contributed by atoms with van der Waals surface area (Å²) in [6, 6.07) is 18.0. The normalized spacial score (nSPS) is 12.1. The maximum absolute atomic E-state index is 5.95. The lowest BCUT2D eigenvalue weighted by Crippen LogP contribution is -2.33. The fourth-order valence-electron chi connectivity index (χ4n) is 2.38. The molecule has 3 nitrogen and oxygen atoms in total. The van der Waals surface area contributed by atoms with Crippen molar-refractivity contribution in [1.82, 2.24) is 4.90 Å². The monoisotopic (exact) mass is 300 g/mol. The van der Waals surface area contributed by atoms with Gasteiger partial charge in [0.05, 0.1) is 18.1 Å². The molecular formula is C17H20N2OS. The van der Waals surface area contributed by atoms with Gasteiger partial charge in [-0.15, -0.1) is 0 Å². The Labute approximate surface area is 131 Å². The zero-order valence-corrected chi connectivity index (χ0v) is 13.1. The molecule has 2 aromatic rings. The van der Waals surface area contributed by atoms with Gasteiger partial charge in [-0.05, 0) is 30.3 Å². The minimum Gasteiger partial charge on any atom is -0.497 e. The second kappa shape index (κ2) is 7.20. The van der Waals surface area contributed by atoms with Crippen LogP contribution in [0.2, 0.25) is 0 Å². The van der Waals surface area contributed by atoms with Crippen LogP contribution in [0.25, 0.3) is 0 Å². The third kappa shape index (κ3) is 4.03. The fraction of sp³-hybridized carbons (Fsp3) is 0.235. The maximum Gasteiger partial charge on any atom is 0.118 e. The van der Waals surface area contributed by atoms with Gasteiger partial charge in [0, 0.05) is 6.54 Å². The first-order chi connectivity index (χ1) is 10.1. The van der Waals surface area contributed by atoms with Crippen molar-refractivity contribution in [2.75, 3.05) is 14.2 Å². The second-order valence-electron chi connectivity index (χ2n) is 4.98. The van der Waals surface area contributed by atoms with Gasteiger partial charge in [-0.2, -0.15) is 0 Å². The first-order valence-corrected chi connectivity index (χ1v) is 7.20. The molecule has 0 aliphatic carbocycles. The van der Waals surface area contributed by atoms with Gasteiger partial charge >= 0.3 is 0 Å². The lowest BCUT2D eigenvalue weighted by Gasteiger charge is -2.27. The molecule has 0 radical (unpaired) electrons. The van der Waals surface area contributed by atoms with Crippen LogP contribution in [-0.2, 0) is 6.54 Å². The summed E-state index contributed by atoms with van der Waals surface area (Å²) in [7, 11) is 3.68. The van der Waals surface area contributed by atoms with Gasteiger partial charge in [0.25, 0.3) is 0 Å². The average molecular weight is 300 g/mol. The summed E-state index contributed by atoms with van der Waals surface area (Å²) in [5.74, 6) is 0.825. The molecule has 2 aromatic carbocycles. The van der Waals surface area contributed by atoms with Crippen LogP contribution in [0.3, 0.4) is 0 Å². The summed E-state index contributed by atoms with van der Waals surface area (Å²) in [5, 5.41) is 0. The van der Waals surface area contributed by atoms with E-state index in [1.807, 2.05) is 49.5 Å². The molecule has 2 N–H and O–H groups in total. The molecule has 0 saturated carbocycles. The van der Waals surface area contributed by atoms with Gasteiger partial charge in [0.15, 0.2) is 0 Å². The second-order valence-corrected chi connectivity index (χ2v) is 5.45. The minimum absolute atomic E-state index is 0.0916. The number of thiocarbonyl (C=S) groups is 1. The Bertz CT molecular complexity index is 583. The van der Waals surface area contributed by atoms with Gasteiger partial charge in [-0.25, -0.2) is 0 Å². The van der Waals surface area contributed by atoms with Crippen molar-refractivity contribution in [3.05, 3.63) is 65.7 Å². The summed E-state index contributed by atoms with van der Waals surface area (Å²) in [5.41, 5.74) is 8.25. The van der Waals surface area contributed by atoms with Gasteiger partial charge < -0.3 is 10.5 Å². The van der Waals surface area contributed by atoms with Crippen LogP contribution < -0.4 is 10.5 Å². The molecule has 0 heterocycles. The van der Waals surface area contributed by atoms with Crippen molar-refractivity contribution in [2.45, 2.75) is 12.6 Å². The van der Waals surface area contributed by atoms with Crippen molar-refractivity contribution in [3.8, 4) is 5.75 Å². The Kier molecular flexibility index (Phi) is 5.31. The summed E-state index contributed by atoms with van der Waals surface area (Å²) in [6.45, 7) is 0.787. The number of nitrogens with two attached hydrogens (primary N) is 1. The molecule has 21 heavy (non-hydrogen) atoms. The van der Waals surface area contributed by atoms with E-state index in [9.17, 15) is 0 Å². The van der Waals surface area contributed by atoms with E-state index in [0.29, 0.717) is 4.99 Å². The van der Waals surface area contributed by atoms with Crippen LogP contribution in [0, 0.1) is 0 Å². The topological polar surface area (TPSA) is 38.5 Å². The number of likely N-dealkylation sites (N-methyl/N-ethyl adjacent to an activating group) is 1. The van der Waals surface area contributed by atoms with E-state index in [0.717, 1.165) is 17.9 Å². The molecule has 0 saturated heterocycles. The molecule has 2 rings (SSSR count). The van der Waals surface area contributed by atoms with E-state index in [1.54, 1.807) is 7.11 Å². The standard InChI is InChI=1S/C17H20N2OS/c1-19(12-13-6-4-3-5-7-13)16(17(18)21)14-8-10-15(20-2)11-9-14/h3-11,16H,12H2,1-2H3,(H2,18,21). The Balaban J connectivity index is 2.19. The molecule has 0 aromatic heterocycles. The molecule has 1 atom stereocenters. The number of hydrogen-bond donors (Lipinski definition) is 1. The molecule has 0 fully saturated rings. The van der Waals surface area contributed by atoms with Crippen molar-refractivity contribution in [2.24, 2.45) is 5.73 Å². The van der Waals surface area contributed by atoms with Gasteiger partial charge in [-0.3, -0.25) is 4.90 Å². The Hall–Kier alpha value is -1.91. The van der Waals surface area contributed by atoms with Gasteiger partial charge in [-0.1, -0.05) is 54.7 Å². The van der Waals surface area contributed by atoms with Crippen LogP contribution in [-0.4, -0.2) is 24.0 Å². The fourth-order valence-corrected chi connectivity index (χ4v) is 2.70. The largest absolute Gasteiger partial charge is 0.497 e. The lowest BCUT2D eigenvalue weighted by atomic mass is 10.0. The number of hydrogen-bond acceptors (Lipinski definition) is 3. The van der Waals surface area contributed by atoms with E-state index in [2.05, 4.69) is 17.0 Å². The zero-order valence-electron chi connectivity index (χ0n) is 12.3. The first-order valence-electron chi connectivity index (χ1n) is 6.79. The molecule has 1 unspecified atom stereocenters.